The van der Waals surface area contributed by atoms with Gasteiger partial charge in [0.05, 0.1) is 36.1 Å². The Balaban J connectivity index is 2.24. The Morgan fingerprint density at radius 3 is 2.86 bits per heavy atom. The van der Waals surface area contributed by atoms with Gasteiger partial charge in [-0.1, -0.05) is 0 Å². The Morgan fingerprint density at radius 1 is 1.41 bits per heavy atom. The molecular formula is C14H20BrN5O2. The molecule has 0 saturated heterocycles. The van der Waals surface area contributed by atoms with Crippen molar-refractivity contribution in [2.24, 2.45) is 7.05 Å². The topological polar surface area (TPSA) is 65.3 Å². The van der Waals surface area contributed by atoms with Crippen molar-refractivity contribution in [2.75, 3.05) is 31.8 Å². The second-order valence-electron chi connectivity index (χ2n) is 4.62. The molecule has 0 aliphatic carbocycles. The molecule has 0 radical (unpaired) electrons. The van der Waals surface area contributed by atoms with E-state index in [-0.39, 0.29) is 0 Å². The molecule has 0 N–H and O–H groups in total. The zero-order valence-corrected chi connectivity index (χ0v) is 14.6. The zero-order chi connectivity index (χ0) is 15.9. The molecule has 7 nitrogen and oxygen atoms in total. The van der Waals surface area contributed by atoms with Crippen molar-refractivity contribution in [2.45, 2.75) is 13.5 Å². The second-order valence-corrected chi connectivity index (χ2v) is 5.47. The van der Waals surface area contributed by atoms with E-state index in [1.165, 1.54) is 0 Å². The van der Waals surface area contributed by atoms with Crippen LogP contribution in [-0.2, 0) is 18.3 Å². The molecule has 0 aromatic carbocycles. The van der Waals surface area contributed by atoms with E-state index < -0.39 is 0 Å². The molecule has 0 atom stereocenters. The lowest BCUT2D eigenvalue weighted by Gasteiger charge is -2.22. The maximum Gasteiger partial charge on any atom is 0.232 e. The van der Waals surface area contributed by atoms with Gasteiger partial charge in [0, 0.05) is 26.9 Å². The summed E-state index contributed by atoms with van der Waals surface area (Å²) in [5.41, 5.74) is 1.07. The fourth-order valence-corrected chi connectivity index (χ4v) is 2.24. The fourth-order valence-electron chi connectivity index (χ4n) is 1.94. The Labute approximate surface area is 138 Å². The van der Waals surface area contributed by atoms with Crippen LogP contribution >= 0.6 is 15.9 Å². The lowest BCUT2D eigenvalue weighted by Crippen LogP contribution is -2.29. The van der Waals surface area contributed by atoms with Crippen LogP contribution in [0.2, 0.25) is 0 Å². The Kier molecular flexibility index (Phi) is 6.14. The fraction of sp³-hybridized carbons (Fsp3) is 0.500. The molecule has 0 amide bonds. The van der Waals surface area contributed by atoms with E-state index in [0.717, 1.165) is 10.2 Å². The molecule has 2 rings (SSSR count). The SMILES string of the molecule is CCOc1nc(N(CCOC)Cc2ccnn2C)ncc1Br. The summed E-state index contributed by atoms with van der Waals surface area (Å²) in [6, 6.07) is 1.97. The van der Waals surface area contributed by atoms with Gasteiger partial charge in [0.25, 0.3) is 0 Å². The molecule has 0 saturated carbocycles. The summed E-state index contributed by atoms with van der Waals surface area (Å²) < 4.78 is 13.3. The zero-order valence-electron chi connectivity index (χ0n) is 13.0. The molecule has 0 unspecified atom stereocenters. The summed E-state index contributed by atoms with van der Waals surface area (Å²) in [6.07, 6.45) is 3.48. The van der Waals surface area contributed by atoms with Crippen molar-refractivity contribution in [3.05, 3.63) is 28.6 Å². The van der Waals surface area contributed by atoms with Gasteiger partial charge in [-0.05, 0) is 28.9 Å². The summed E-state index contributed by atoms with van der Waals surface area (Å²) in [5.74, 6) is 1.14. The van der Waals surface area contributed by atoms with Crippen molar-refractivity contribution < 1.29 is 9.47 Å². The minimum Gasteiger partial charge on any atom is -0.477 e. The van der Waals surface area contributed by atoms with Gasteiger partial charge in [0.1, 0.15) is 0 Å². The van der Waals surface area contributed by atoms with Crippen molar-refractivity contribution in [3.63, 3.8) is 0 Å². The van der Waals surface area contributed by atoms with Gasteiger partial charge in [0.15, 0.2) is 0 Å². The smallest absolute Gasteiger partial charge is 0.232 e. The summed E-state index contributed by atoms with van der Waals surface area (Å²) in [4.78, 5) is 10.9. The Bertz CT molecular complexity index is 605. The number of methoxy groups -OCH3 is 1. The lowest BCUT2D eigenvalue weighted by molar-refractivity contribution is 0.204. The van der Waals surface area contributed by atoms with Gasteiger partial charge in [-0.3, -0.25) is 4.68 Å². The van der Waals surface area contributed by atoms with Gasteiger partial charge in [0.2, 0.25) is 11.8 Å². The minimum atomic E-state index is 0.542. The number of ether oxygens (including phenoxy) is 2. The predicted molar refractivity (Wildman–Crippen MR) is 87.0 cm³/mol. The summed E-state index contributed by atoms with van der Waals surface area (Å²) in [6.45, 7) is 4.38. The average Bonchev–Trinajstić information content (AvgIpc) is 2.91. The van der Waals surface area contributed by atoms with E-state index in [1.807, 2.05) is 29.6 Å². The van der Waals surface area contributed by atoms with Crippen LogP contribution in [0.1, 0.15) is 12.6 Å². The van der Waals surface area contributed by atoms with Crippen LogP contribution in [0.25, 0.3) is 0 Å². The molecule has 2 heterocycles. The van der Waals surface area contributed by atoms with Crippen molar-refractivity contribution >= 4 is 21.9 Å². The first-order chi connectivity index (χ1) is 10.7. The van der Waals surface area contributed by atoms with Gasteiger partial charge >= 0.3 is 0 Å². The molecule has 2 aromatic heterocycles. The third kappa shape index (κ3) is 4.17. The van der Waals surface area contributed by atoms with Crippen molar-refractivity contribution in [1.82, 2.24) is 19.7 Å². The number of halogens is 1. The summed E-state index contributed by atoms with van der Waals surface area (Å²) >= 11 is 3.40. The van der Waals surface area contributed by atoms with Crippen LogP contribution in [0.4, 0.5) is 5.95 Å². The highest BCUT2D eigenvalue weighted by Gasteiger charge is 2.15. The molecule has 120 valence electrons. The molecule has 0 spiro atoms. The lowest BCUT2D eigenvalue weighted by atomic mass is 10.4. The Hall–Kier alpha value is -1.67. The number of aryl methyl sites for hydroxylation is 1. The first-order valence-electron chi connectivity index (χ1n) is 7.01. The molecule has 22 heavy (non-hydrogen) atoms. The van der Waals surface area contributed by atoms with Crippen molar-refractivity contribution in [1.29, 1.82) is 0 Å². The number of hydrogen-bond acceptors (Lipinski definition) is 6. The van der Waals surface area contributed by atoms with E-state index >= 15 is 0 Å². The molecule has 2 aromatic rings. The number of nitrogens with zero attached hydrogens (tertiary/aromatic N) is 5. The van der Waals surface area contributed by atoms with Gasteiger partial charge in [-0.25, -0.2) is 4.98 Å². The minimum absolute atomic E-state index is 0.542. The maximum absolute atomic E-state index is 5.52. The third-order valence-electron chi connectivity index (χ3n) is 3.10. The number of aromatic nitrogens is 4. The molecule has 0 fully saturated rings. The van der Waals surface area contributed by atoms with Crippen LogP contribution in [0.5, 0.6) is 5.88 Å². The van der Waals surface area contributed by atoms with Crippen LogP contribution in [0.15, 0.2) is 22.9 Å². The van der Waals surface area contributed by atoms with E-state index in [1.54, 1.807) is 19.5 Å². The number of rotatable bonds is 8. The second kappa shape index (κ2) is 8.09. The van der Waals surface area contributed by atoms with E-state index in [4.69, 9.17) is 9.47 Å². The van der Waals surface area contributed by atoms with Gasteiger partial charge < -0.3 is 14.4 Å². The standard InChI is InChI=1S/C14H20BrN5O2/c1-4-22-13-12(15)9-16-14(18-13)20(7-8-21-3)10-11-5-6-17-19(11)2/h5-6,9H,4,7-8,10H2,1-3H3. The largest absolute Gasteiger partial charge is 0.477 e. The highest BCUT2D eigenvalue weighted by atomic mass is 79.9. The van der Waals surface area contributed by atoms with E-state index in [0.29, 0.717) is 38.1 Å². The highest BCUT2D eigenvalue weighted by Crippen LogP contribution is 2.24. The van der Waals surface area contributed by atoms with Crippen LogP contribution in [0.3, 0.4) is 0 Å². The van der Waals surface area contributed by atoms with Gasteiger partial charge in [-0.15, -0.1) is 0 Å². The van der Waals surface area contributed by atoms with E-state index in [2.05, 4.69) is 31.0 Å². The third-order valence-corrected chi connectivity index (χ3v) is 3.65. The monoisotopic (exact) mass is 369 g/mol. The molecule has 8 heteroatoms. The Morgan fingerprint density at radius 2 is 2.23 bits per heavy atom. The predicted octanol–water partition coefficient (Wildman–Crippen LogP) is 2.02. The first-order valence-corrected chi connectivity index (χ1v) is 7.81. The van der Waals surface area contributed by atoms with Crippen LogP contribution in [0, 0.1) is 0 Å². The van der Waals surface area contributed by atoms with Crippen molar-refractivity contribution in [3.8, 4) is 5.88 Å². The maximum atomic E-state index is 5.52. The number of hydrogen-bond donors (Lipinski definition) is 0. The molecular weight excluding hydrogens is 350 g/mol. The van der Waals surface area contributed by atoms with E-state index in [9.17, 15) is 0 Å². The molecule has 0 aliphatic rings. The summed E-state index contributed by atoms with van der Waals surface area (Å²) in [7, 11) is 3.59. The first kappa shape index (κ1) is 16.7. The quantitative estimate of drug-likeness (QED) is 0.709. The van der Waals surface area contributed by atoms with Gasteiger partial charge in [-0.2, -0.15) is 10.1 Å². The summed E-state index contributed by atoms with van der Waals surface area (Å²) in [5, 5.41) is 4.19. The van der Waals surface area contributed by atoms with Crippen LogP contribution in [-0.4, -0.2) is 46.6 Å². The number of anilines is 1. The van der Waals surface area contributed by atoms with Crippen LogP contribution < -0.4 is 9.64 Å². The average molecular weight is 370 g/mol. The highest BCUT2D eigenvalue weighted by molar-refractivity contribution is 9.10. The molecule has 0 aliphatic heterocycles. The normalized spacial score (nSPS) is 10.7. The molecule has 0 bridgehead atoms.